The standard InChI is InChI=1S/C18H18FNO2S2/c1-11-15-14(3-2-8-18(15)23-9-10-24-18)22-16(11)17(21)20-13-6-4-12(19)5-7-13/h4-7H,2-3,8-10H2,1H3,(H,20,21). The summed E-state index contributed by atoms with van der Waals surface area (Å²) in [6.07, 6.45) is 3.12. The van der Waals surface area contributed by atoms with Crippen molar-refractivity contribution >= 4 is 35.1 Å². The Balaban J connectivity index is 1.66. The van der Waals surface area contributed by atoms with E-state index in [-0.39, 0.29) is 15.8 Å². The highest BCUT2D eigenvalue weighted by Gasteiger charge is 2.45. The molecule has 0 radical (unpaired) electrons. The van der Waals surface area contributed by atoms with Crippen LogP contribution >= 0.6 is 23.5 Å². The van der Waals surface area contributed by atoms with Gasteiger partial charge in [0.25, 0.3) is 5.91 Å². The molecule has 0 saturated carbocycles. The van der Waals surface area contributed by atoms with Gasteiger partial charge in [-0.15, -0.1) is 23.5 Å². The number of benzene rings is 1. The Labute approximate surface area is 148 Å². The number of halogens is 1. The lowest BCUT2D eigenvalue weighted by Crippen LogP contribution is -2.21. The Hall–Kier alpha value is -1.40. The topological polar surface area (TPSA) is 42.2 Å². The molecule has 1 aliphatic heterocycles. The van der Waals surface area contributed by atoms with Crippen molar-refractivity contribution in [1.29, 1.82) is 0 Å². The first kappa shape index (κ1) is 16.1. The Morgan fingerprint density at radius 3 is 2.67 bits per heavy atom. The minimum atomic E-state index is -0.324. The van der Waals surface area contributed by atoms with Gasteiger partial charge in [0.05, 0.1) is 4.08 Å². The van der Waals surface area contributed by atoms with Gasteiger partial charge in [0, 0.05) is 34.7 Å². The summed E-state index contributed by atoms with van der Waals surface area (Å²) in [5.41, 5.74) is 2.74. The summed E-state index contributed by atoms with van der Waals surface area (Å²) in [6.45, 7) is 1.98. The fourth-order valence-electron chi connectivity index (χ4n) is 3.54. The summed E-state index contributed by atoms with van der Waals surface area (Å²) in [7, 11) is 0. The van der Waals surface area contributed by atoms with Crippen molar-refractivity contribution in [2.75, 3.05) is 16.8 Å². The highest BCUT2D eigenvalue weighted by molar-refractivity contribution is 8.20. The molecule has 1 amide bonds. The van der Waals surface area contributed by atoms with E-state index < -0.39 is 0 Å². The highest BCUT2D eigenvalue weighted by atomic mass is 32.2. The third kappa shape index (κ3) is 2.65. The van der Waals surface area contributed by atoms with E-state index in [2.05, 4.69) is 5.32 Å². The van der Waals surface area contributed by atoms with Crippen molar-refractivity contribution in [2.45, 2.75) is 30.3 Å². The maximum Gasteiger partial charge on any atom is 0.291 e. The Morgan fingerprint density at radius 2 is 1.96 bits per heavy atom. The lowest BCUT2D eigenvalue weighted by atomic mass is 9.94. The number of furan rings is 1. The summed E-state index contributed by atoms with van der Waals surface area (Å²) in [6, 6.07) is 5.76. The molecule has 1 aromatic carbocycles. The molecule has 1 aromatic heterocycles. The quantitative estimate of drug-likeness (QED) is 0.820. The van der Waals surface area contributed by atoms with Crippen LogP contribution in [-0.4, -0.2) is 17.4 Å². The molecule has 1 saturated heterocycles. The van der Waals surface area contributed by atoms with E-state index in [4.69, 9.17) is 4.42 Å². The van der Waals surface area contributed by atoms with Gasteiger partial charge in [0.1, 0.15) is 11.6 Å². The van der Waals surface area contributed by atoms with Crippen molar-refractivity contribution in [3.8, 4) is 0 Å². The van der Waals surface area contributed by atoms with Crippen molar-refractivity contribution in [2.24, 2.45) is 0 Å². The molecule has 2 heterocycles. The van der Waals surface area contributed by atoms with Crippen molar-refractivity contribution in [1.82, 2.24) is 0 Å². The third-order valence-corrected chi connectivity index (χ3v) is 8.10. The average molecular weight is 363 g/mol. The number of amides is 1. The molecule has 0 atom stereocenters. The van der Waals surface area contributed by atoms with E-state index in [1.165, 1.54) is 17.7 Å². The monoisotopic (exact) mass is 363 g/mol. The maximum absolute atomic E-state index is 13.0. The van der Waals surface area contributed by atoms with Gasteiger partial charge in [-0.2, -0.15) is 0 Å². The lowest BCUT2D eigenvalue weighted by molar-refractivity contribution is 0.0994. The van der Waals surface area contributed by atoms with Crippen LogP contribution in [-0.2, 0) is 10.5 Å². The van der Waals surface area contributed by atoms with E-state index in [0.29, 0.717) is 11.4 Å². The number of hydrogen-bond acceptors (Lipinski definition) is 4. The van der Waals surface area contributed by atoms with Crippen LogP contribution in [0.2, 0.25) is 0 Å². The number of anilines is 1. The molecule has 6 heteroatoms. The first-order valence-corrected chi connectivity index (χ1v) is 10.0. The molecular weight excluding hydrogens is 345 g/mol. The van der Waals surface area contributed by atoms with Gasteiger partial charge in [-0.05, 0) is 44.0 Å². The van der Waals surface area contributed by atoms with E-state index in [9.17, 15) is 9.18 Å². The van der Waals surface area contributed by atoms with Crippen LogP contribution in [0.1, 0.15) is 40.3 Å². The normalized spacial score (nSPS) is 18.6. The van der Waals surface area contributed by atoms with Gasteiger partial charge in [0.2, 0.25) is 0 Å². The number of aryl methyl sites for hydroxylation is 1. The second kappa shape index (κ2) is 6.15. The van der Waals surface area contributed by atoms with Crippen molar-refractivity contribution in [3.05, 3.63) is 52.7 Å². The molecule has 2 aromatic rings. The molecule has 1 N–H and O–H groups in total. The Kier molecular flexibility index (Phi) is 4.12. The van der Waals surface area contributed by atoms with Gasteiger partial charge in [-0.25, -0.2) is 4.39 Å². The highest BCUT2D eigenvalue weighted by Crippen LogP contribution is 2.59. The van der Waals surface area contributed by atoms with Gasteiger partial charge < -0.3 is 9.73 Å². The zero-order valence-corrected chi connectivity index (χ0v) is 15.0. The first-order valence-electron chi connectivity index (χ1n) is 8.07. The van der Waals surface area contributed by atoms with Crippen LogP contribution in [0.25, 0.3) is 0 Å². The number of fused-ring (bicyclic) bond motifs is 2. The number of hydrogen-bond donors (Lipinski definition) is 1. The van der Waals surface area contributed by atoms with Crippen LogP contribution in [0.15, 0.2) is 28.7 Å². The fraction of sp³-hybridized carbons (Fsp3) is 0.389. The predicted octanol–water partition coefficient (Wildman–Crippen LogP) is 4.95. The van der Waals surface area contributed by atoms with Crippen LogP contribution in [0, 0.1) is 12.7 Å². The zero-order valence-electron chi connectivity index (χ0n) is 13.4. The molecule has 0 unspecified atom stereocenters. The number of rotatable bonds is 2. The van der Waals surface area contributed by atoms with E-state index in [0.717, 1.165) is 42.1 Å². The number of thioether (sulfide) groups is 2. The largest absolute Gasteiger partial charge is 0.455 e. The summed E-state index contributed by atoms with van der Waals surface area (Å²) in [5.74, 6) is 3.05. The predicted molar refractivity (Wildman–Crippen MR) is 97.3 cm³/mol. The smallest absolute Gasteiger partial charge is 0.291 e. The summed E-state index contributed by atoms with van der Waals surface area (Å²) >= 11 is 3.97. The number of carbonyl (C=O) groups is 1. The second-order valence-corrected chi connectivity index (χ2v) is 9.16. The van der Waals surface area contributed by atoms with E-state index in [1.807, 2.05) is 30.4 Å². The maximum atomic E-state index is 13.0. The molecule has 1 aliphatic carbocycles. The van der Waals surface area contributed by atoms with Crippen molar-refractivity contribution < 1.29 is 13.6 Å². The molecule has 24 heavy (non-hydrogen) atoms. The van der Waals surface area contributed by atoms with Crippen molar-refractivity contribution in [3.63, 3.8) is 0 Å². The first-order chi connectivity index (χ1) is 11.6. The van der Waals surface area contributed by atoms with E-state index in [1.54, 1.807) is 12.1 Å². The summed E-state index contributed by atoms with van der Waals surface area (Å²) in [4.78, 5) is 12.6. The number of carbonyl (C=O) groups excluding carboxylic acids is 1. The molecule has 0 bridgehead atoms. The lowest BCUT2D eigenvalue weighted by Gasteiger charge is -2.31. The van der Waals surface area contributed by atoms with Crippen LogP contribution < -0.4 is 5.32 Å². The summed E-state index contributed by atoms with van der Waals surface area (Å²) < 4.78 is 19.0. The van der Waals surface area contributed by atoms with Gasteiger partial charge >= 0.3 is 0 Å². The zero-order chi connectivity index (χ0) is 16.7. The van der Waals surface area contributed by atoms with Crippen LogP contribution in [0.3, 0.4) is 0 Å². The van der Waals surface area contributed by atoms with Gasteiger partial charge in [-0.1, -0.05) is 0 Å². The Bertz CT molecular complexity index is 779. The Morgan fingerprint density at radius 1 is 1.25 bits per heavy atom. The van der Waals surface area contributed by atoms with E-state index >= 15 is 0 Å². The SMILES string of the molecule is Cc1c(C(=O)Nc2ccc(F)cc2)oc2c1C1(CCC2)SCCS1. The fourth-order valence-corrected chi connectivity index (χ4v) is 7.09. The van der Waals surface area contributed by atoms with Gasteiger partial charge in [0.15, 0.2) is 5.76 Å². The molecule has 4 rings (SSSR count). The van der Waals surface area contributed by atoms with Crippen LogP contribution in [0.4, 0.5) is 10.1 Å². The molecule has 126 valence electrons. The molecule has 2 aliphatic rings. The number of nitrogens with one attached hydrogen (secondary N) is 1. The third-order valence-electron chi connectivity index (χ3n) is 4.57. The molecule has 1 fully saturated rings. The van der Waals surface area contributed by atoms with Crippen LogP contribution in [0.5, 0.6) is 0 Å². The van der Waals surface area contributed by atoms with Gasteiger partial charge in [-0.3, -0.25) is 4.79 Å². The molecular formula is C18H18FNO2S2. The molecule has 3 nitrogen and oxygen atoms in total. The summed E-state index contributed by atoms with van der Waals surface area (Å²) in [5, 5.41) is 2.80. The minimum absolute atomic E-state index is 0.0651. The molecule has 1 spiro atoms. The average Bonchev–Trinajstić information content (AvgIpc) is 3.16. The minimum Gasteiger partial charge on any atom is -0.455 e. The second-order valence-electron chi connectivity index (χ2n) is 6.12.